The highest BCUT2D eigenvalue weighted by Crippen LogP contribution is 2.29. The topological polar surface area (TPSA) is 110 Å². The molecule has 3 aromatic heterocycles. The molecule has 1 saturated heterocycles. The van der Waals surface area contributed by atoms with E-state index in [4.69, 9.17) is 4.74 Å². The van der Waals surface area contributed by atoms with E-state index in [1.165, 1.54) is 0 Å². The first kappa shape index (κ1) is 22.1. The zero-order valence-corrected chi connectivity index (χ0v) is 18.4. The van der Waals surface area contributed by atoms with E-state index in [-0.39, 0.29) is 25.5 Å². The Bertz CT molecular complexity index is 1310. The van der Waals surface area contributed by atoms with E-state index in [0.29, 0.717) is 22.7 Å². The third-order valence-corrected chi connectivity index (χ3v) is 5.59. The van der Waals surface area contributed by atoms with Gasteiger partial charge in [-0.2, -0.15) is 10.1 Å². The van der Waals surface area contributed by atoms with E-state index in [0.717, 1.165) is 16.9 Å². The number of halogens is 2. The van der Waals surface area contributed by atoms with Gasteiger partial charge in [0.15, 0.2) is 11.9 Å². The van der Waals surface area contributed by atoms with E-state index in [2.05, 4.69) is 30.8 Å². The molecule has 1 aliphatic rings. The van der Waals surface area contributed by atoms with Gasteiger partial charge in [0.2, 0.25) is 5.88 Å². The first-order valence-corrected chi connectivity index (χ1v) is 10.8. The maximum atomic E-state index is 14.1. The average molecular weight is 467 g/mol. The van der Waals surface area contributed by atoms with Crippen LogP contribution in [0.3, 0.4) is 0 Å². The third kappa shape index (κ3) is 4.39. The van der Waals surface area contributed by atoms with Crippen LogP contribution in [-0.4, -0.2) is 61.6 Å². The molecule has 0 saturated carbocycles. The van der Waals surface area contributed by atoms with E-state index >= 15 is 0 Å². The molecule has 176 valence electrons. The minimum Gasteiger partial charge on any atom is -0.466 e. The number of hydrogen-bond donors (Lipinski definition) is 3. The molecule has 1 fully saturated rings. The Labute approximate surface area is 193 Å². The van der Waals surface area contributed by atoms with Crippen LogP contribution in [0.4, 0.5) is 20.3 Å². The normalized spacial score (nSPS) is 17.2. The van der Waals surface area contributed by atoms with Crippen molar-refractivity contribution in [1.82, 2.24) is 30.0 Å². The zero-order valence-electron chi connectivity index (χ0n) is 18.4. The molecule has 0 radical (unpaired) electrons. The summed E-state index contributed by atoms with van der Waals surface area (Å²) in [4.78, 5) is 8.97. The van der Waals surface area contributed by atoms with Gasteiger partial charge in [0.25, 0.3) is 5.92 Å². The van der Waals surface area contributed by atoms with Gasteiger partial charge in [0.05, 0.1) is 23.3 Å². The summed E-state index contributed by atoms with van der Waals surface area (Å²) in [6.07, 6.45) is 0.533. The molecule has 9 nitrogen and oxygen atoms in total. The quantitative estimate of drug-likeness (QED) is 0.381. The number of rotatable bonds is 7. The van der Waals surface area contributed by atoms with Gasteiger partial charge >= 0.3 is 0 Å². The van der Waals surface area contributed by atoms with Crippen molar-refractivity contribution in [2.75, 3.05) is 25.0 Å². The smallest absolute Gasteiger partial charge is 0.297 e. The predicted molar refractivity (Wildman–Crippen MR) is 122 cm³/mol. The number of pyridine rings is 1. The number of nitrogens with one attached hydrogen (secondary N) is 2. The molecule has 5 rings (SSSR count). The fourth-order valence-electron chi connectivity index (χ4n) is 3.79. The molecule has 0 bridgehead atoms. The van der Waals surface area contributed by atoms with Crippen LogP contribution in [0.25, 0.3) is 16.9 Å². The summed E-state index contributed by atoms with van der Waals surface area (Å²) in [6, 6.07) is 12.8. The van der Waals surface area contributed by atoms with Crippen molar-refractivity contribution in [2.45, 2.75) is 25.4 Å². The molecule has 1 aliphatic heterocycles. The van der Waals surface area contributed by atoms with Crippen molar-refractivity contribution in [3.8, 4) is 11.7 Å². The zero-order chi connectivity index (χ0) is 23.7. The van der Waals surface area contributed by atoms with Gasteiger partial charge in [-0.05, 0) is 49.4 Å². The minimum atomic E-state index is -3.00. The lowest BCUT2D eigenvalue weighted by Gasteiger charge is -2.21. The number of alkyl halides is 2. The number of anilines is 2. The second-order valence-electron chi connectivity index (χ2n) is 8.11. The highest BCUT2D eigenvalue weighted by molar-refractivity contribution is 5.81. The van der Waals surface area contributed by atoms with Crippen molar-refractivity contribution in [3.63, 3.8) is 0 Å². The summed E-state index contributed by atoms with van der Waals surface area (Å²) in [5, 5.41) is 23.4. The van der Waals surface area contributed by atoms with Crippen LogP contribution < -0.4 is 15.4 Å². The standard InChI is InChI=1S/C23H23F2N7O2/c1-14-2-6-20(31-30-14)28-16-4-5-18-17(10-16)27-13-32(18)21-7-3-15(8-9-33)22(29-21)34-19-11-26-12-23(19,24)25/h2-7,10,13,19,26,33H,8-9,11-12H2,1H3,(H,28,31)/t19-/m0/s1. The maximum absolute atomic E-state index is 14.1. The van der Waals surface area contributed by atoms with Gasteiger partial charge in [0.1, 0.15) is 12.1 Å². The molecule has 1 aromatic carbocycles. The van der Waals surface area contributed by atoms with E-state index in [9.17, 15) is 13.9 Å². The van der Waals surface area contributed by atoms with Crippen molar-refractivity contribution >= 4 is 22.5 Å². The molecule has 0 unspecified atom stereocenters. The van der Waals surface area contributed by atoms with E-state index in [1.54, 1.807) is 23.0 Å². The van der Waals surface area contributed by atoms with Gasteiger partial charge in [-0.15, -0.1) is 5.10 Å². The van der Waals surface area contributed by atoms with Crippen molar-refractivity contribution in [1.29, 1.82) is 0 Å². The SMILES string of the molecule is Cc1ccc(Nc2ccc3c(c2)ncn3-c2ccc(CCO)c(O[C@H]3CNCC3(F)F)n2)nn1. The van der Waals surface area contributed by atoms with E-state index < -0.39 is 18.6 Å². The number of nitrogens with zero attached hydrogens (tertiary/aromatic N) is 5. The Morgan fingerprint density at radius 3 is 2.82 bits per heavy atom. The Morgan fingerprint density at radius 1 is 1.21 bits per heavy atom. The number of aliphatic hydroxyl groups is 1. The molecule has 34 heavy (non-hydrogen) atoms. The fraction of sp³-hybridized carbons (Fsp3) is 0.304. The molecule has 4 aromatic rings. The maximum Gasteiger partial charge on any atom is 0.297 e. The highest BCUT2D eigenvalue weighted by Gasteiger charge is 2.46. The van der Waals surface area contributed by atoms with Crippen LogP contribution in [0, 0.1) is 6.92 Å². The second-order valence-corrected chi connectivity index (χ2v) is 8.11. The molecule has 0 amide bonds. The number of ether oxygens (including phenoxy) is 1. The van der Waals surface area contributed by atoms with Gasteiger partial charge in [-0.1, -0.05) is 0 Å². The molecular weight excluding hydrogens is 444 g/mol. The second kappa shape index (κ2) is 8.92. The summed E-state index contributed by atoms with van der Waals surface area (Å²) in [5.74, 6) is -1.83. The first-order chi connectivity index (χ1) is 16.4. The van der Waals surface area contributed by atoms with Crippen LogP contribution in [0.15, 0.2) is 48.8 Å². The molecular formula is C23H23F2N7O2. The lowest BCUT2D eigenvalue weighted by atomic mass is 10.2. The summed E-state index contributed by atoms with van der Waals surface area (Å²) in [5.41, 5.74) is 3.67. The van der Waals surface area contributed by atoms with Crippen molar-refractivity contribution in [3.05, 3.63) is 60.0 Å². The Balaban J connectivity index is 1.45. The van der Waals surface area contributed by atoms with E-state index in [1.807, 2.05) is 37.3 Å². The van der Waals surface area contributed by atoms with Gasteiger partial charge in [0, 0.05) is 30.8 Å². The largest absolute Gasteiger partial charge is 0.466 e. The van der Waals surface area contributed by atoms with Crippen LogP contribution in [0.2, 0.25) is 0 Å². The van der Waals surface area contributed by atoms with Gasteiger partial charge in [-0.3, -0.25) is 4.57 Å². The van der Waals surface area contributed by atoms with Crippen LogP contribution in [-0.2, 0) is 6.42 Å². The fourth-order valence-corrected chi connectivity index (χ4v) is 3.79. The highest BCUT2D eigenvalue weighted by atomic mass is 19.3. The number of fused-ring (bicyclic) bond motifs is 1. The minimum absolute atomic E-state index is 0.0205. The number of benzene rings is 1. The molecule has 3 N–H and O–H groups in total. The molecule has 1 atom stereocenters. The van der Waals surface area contributed by atoms with Crippen LogP contribution in [0.5, 0.6) is 5.88 Å². The number of aromatic nitrogens is 5. The van der Waals surface area contributed by atoms with Crippen LogP contribution >= 0.6 is 0 Å². The predicted octanol–water partition coefficient (Wildman–Crippen LogP) is 2.78. The Kier molecular flexibility index (Phi) is 5.80. The summed E-state index contributed by atoms with van der Waals surface area (Å²) in [6.45, 7) is 1.30. The lowest BCUT2D eigenvalue weighted by Crippen LogP contribution is -2.37. The number of aryl methyl sites for hydroxylation is 1. The Hall–Kier alpha value is -3.70. The van der Waals surface area contributed by atoms with Crippen molar-refractivity contribution in [2.24, 2.45) is 0 Å². The number of imidazole rings is 1. The molecule has 4 heterocycles. The third-order valence-electron chi connectivity index (χ3n) is 5.59. The summed E-state index contributed by atoms with van der Waals surface area (Å²) >= 11 is 0. The number of aliphatic hydroxyl groups excluding tert-OH is 1. The summed E-state index contributed by atoms with van der Waals surface area (Å²) < 4.78 is 35.6. The summed E-state index contributed by atoms with van der Waals surface area (Å²) in [7, 11) is 0. The van der Waals surface area contributed by atoms with Crippen LogP contribution in [0.1, 0.15) is 11.3 Å². The van der Waals surface area contributed by atoms with Gasteiger partial charge in [-0.25, -0.2) is 13.8 Å². The van der Waals surface area contributed by atoms with Crippen molar-refractivity contribution < 1.29 is 18.6 Å². The molecule has 0 spiro atoms. The monoisotopic (exact) mass is 467 g/mol. The first-order valence-electron chi connectivity index (χ1n) is 10.8. The molecule has 0 aliphatic carbocycles. The van der Waals surface area contributed by atoms with Gasteiger partial charge < -0.3 is 20.5 Å². The lowest BCUT2D eigenvalue weighted by molar-refractivity contribution is -0.0615. The average Bonchev–Trinajstić information content (AvgIpc) is 3.39. The Morgan fingerprint density at radius 2 is 2.09 bits per heavy atom. The molecule has 11 heteroatoms. The number of hydrogen-bond acceptors (Lipinski definition) is 8.